The standard InChI is InChI=1S/C24H25N5O2S2/c1-4-20-26-23-21(17-10-5-13(2)11-19(17)33-23)22-27-28-24(29(20)22)32-12-18(31)15-6-8-16(9-7-15)25-14(3)30/h6-9,13H,4-5,10-12H2,1-3H3,(H,25,30). The van der Waals surface area contributed by atoms with Crippen molar-refractivity contribution in [1.82, 2.24) is 19.6 Å². The number of nitrogens with zero attached hydrogens (tertiary/aromatic N) is 4. The Kier molecular flexibility index (Phi) is 5.92. The number of thiophene rings is 1. The smallest absolute Gasteiger partial charge is 0.221 e. The summed E-state index contributed by atoms with van der Waals surface area (Å²) in [7, 11) is 0. The monoisotopic (exact) mass is 479 g/mol. The quantitative estimate of drug-likeness (QED) is 0.311. The maximum atomic E-state index is 12.8. The van der Waals surface area contributed by atoms with Crippen LogP contribution in [0.1, 0.15) is 53.8 Å². The molecule has 1 aliphatic carbocycles. The second-order valence-electron chi connectivity index (χ2n) is 8.53. The van der Waals surface area contributed by atoms with E-state index in [9.17, 15) is 9.59 Å². The van der Waals surface area contributed by atoms with Gasteiger partial charge in [0.1, 0.15) is 10.7 Å². The van der Waals surface area contributed by atoms with E-state index in [1.807, 2.05) is 4.40 Å². The van der Waals surface area contributed by atoms with E-state index in [4.69, 9.17) is 4.98 Å². The molecule has 33 heavy (non-hydrogen) atoms. The Balaban J connectivity index is 1.43. The third-order valence-electron chi connectivity index (χ3n) is 6.01. The average Bonchev–Trinajstić information content (AvgIpc) is 3.37. The van der Waals surface area contributed by atoms with Gasteiger partial charge in [0.05, 0.1) is 11.1 Å². The molecule has 170 valence electrons. The number of nitrogens with one attached hydrogen (secondary N) is 1. The number of benzene rings is 1. The molecule has 1 amide bonds. The van der Waals surface area contributed by atoms with Crippen LogP contribution in [0, 0.1) is 5.92 Å². The first-order valence-electron chi connectivity index (χ1n) is 11.2. The van der Waals surface area contributed by atoms with E-state index in [0.717, 1.165) is 41.0 Å². The van der Waals surface area contributed by atoms with Crippen LogP contribution in [0.15, 0.2) is 29.4 Å². The van der Waals surface area contributed by atoms with Crippen LogP contribution in [0.5, 0.6) is 0 Å². The number of rotatable bonds is 6. The molecule has 0 aliphatic heterocycles. The number of amides is 1. The summed E-state index contributed by atoms with van der Waals surface area (Å²) in [5.41, 5.74) is 3.51. The highest BCUT2D eigenvalue weighted by molar-refractivity contribution is 7.99. The lowest BCUT2D eigenvalue weighted by atomic mass is 9.89. The fourth-order valence-electron chi connectivity index (χ4n) is 4.36. The molecule has 1 N–H and O–H groups in total. The van der Waals surface area contributed by atoms with E-state index in [1.54, 1.807) is 35.6 Å². The highest BCUT2D eigenvalue weighted by atomic mass is 32.2. The van der Waals surface area contributed by atoms with Crippen LogP contribution < -0.4 is 5.32 Å². The molecule has 4 aromatic rings. The van der Waals surface area contributed by atoms with Crippen LogP contribution in [0.3, 0.4) is 0 Å². The van der Waals surface area contributed by atoms with E-state index < -0.39 is 0 Å². The average molecular weight is 480 g/mol. The number of aromatic nitrogens is 4. The highest BCUT2D eigenvalue weighted by Gasteiger charge is 2.25. The van der Waals surface area contributed by atoms with Gasteiger partial charge in [-0.05, 0) is 55.0 Å². The van der Waals surface area contributed by atoms with Crippen LogP contribution >= 0.6 is 23.1 Å². The lowest BCUT2D eigenvalue weighted by Gasteiger charge is -2.17. The molecule has 3 heterocycles. The molecule has 1 aromatic carbocycles. The molecule has 5 rings (SSSR count). The Morgan fingerprint density at radius 1 is 1.24 bits per heavy atom. The molecule has 9 heteroatoms. The summed E-state index contributed by atoms with van der Waals surface area (Å²) in [6.07, 6.45) is 4.11. The molecule has 0 radical (unpaired) electrons. The fraction of sp³-hybridized carbons (Fsp3) is 0.375. The molecule has 0 bridgehead atoms. The summed E-state index contributed by atoms with van der Waals surface area (Å²) in [5, 5.41) is 13.5. The van der Waals surface area contributed by atoms with Crippen molar-refractivity contribution in [1.29, 1.82) is 0 Å². The van der Waals surface area contributed by atoms with Crippen LogP contribution in [-0.2, 0) is 24.1 Å². The first-order chi connectivity index (χ1) is 15.9. The molecule has 0 saturated heterocycles. The van der Waals surface area contributed by atoms with Gasteiger partial charge in [-0.25, -0.2) is 4.98 Å². The molecule has 1 atom stereocenters. The van der Waals surface area contributed by atoms with Gasteiger partial charge >= 0.3 is 0 Å². The van der Waals surface area contributed by atoms with Crippen molar-refractivity contribution in [3.05, 3.63) is 46.1 Å². The second kappa shape index (κ2) is 8.87. The maximum Gasteiger partial charge on any atom is 0.221 e. The molecular weight excluding hydrogens is 454 g/mol. The van der Waals surface area contributed by atoms with Gasteiger partial charge in [0.15, 0.2) is 16.6 Å². The van der Waals surface area contributed by atoms with E-state index in [-0.39, 0.29) is 17.4 Å². The SMILES string of the molecule is CCc1nc2sc3c(c2c2nnc(SCC(=O)c4ccc(NC(C)=O)cc4)n12)CCC(C)C3. The molecule has 0 spiro atoms. The Hall–Kier alpha value is -2.78. The number of ketones is 1. The second-order valence-corrected chi connectivity index (χ2v) is 10.6. The Bertz CT molecular complexity index is 1370. The number of thioether (sulfide) groups is 1. The van der Waals surface area contributed by atoms with Crippen molar-refractivity contribution in [3.8, 4) is 0 Å². The molecular formula is C24H25N5O2S2. The van der Waals surface area contributed by atoms with Gasteiger partial charge in [-0.15, -0.1) is 21.5 Å². The number of carbonyl (C=O) groups excluding carboxylic acids is 2. The number of anilines is 1. The third kappa shape index (κ3) is 4.15. The lowest BCUT2D eigenvalue weighted by Crippen LogP contribution is -2.09. The van der Waals surface area contributed by atoms with Gasteiger partial charge in [-0.1, -0.05) is 25.6 Å². The number of hydrogen-bond donors (Lipinski definition) is 1. The van der Waals surface area contributed by atoms with Crippen molar-refractivity contribution in [2.24, 2.45) is 5.92 Å². The summed E-state index contributed by atoms with van der Waals surface area (Å²) in [6, 6.07) is 6.94. The van der Waals surface area contributed by atoms with E-state index in [2.05, 4.69) is 29.4 Å². The van der Waals surface area contributed by atoms with Crippen LogP contribution in [0.25, 0.3) is 15.9 Å². The molecule has 0 saturated carbocycles. The summed E-state index contributed by atoms with van der Waals surface area (Å²) < 4.78 is 2.03. The van der Waals surface area contributed by atoms with Crippen molar-refractivity contribution < 1.29 is 9.59 Å². The first-order valence-corrected chi connectivity index (χ1v) is 13.0. The highest BCUT2D eigenvalue weighted by Crippen LogP contribution is 2.39. The zero-order valence-corrected chi connectivity index (χ0v) is 20.5. The maximum absolute atomic E-state index is 12.8. The largest absolute Gasteiger partial charge is 0.326 e. The number of Topliss-reactive ketones (excluding diaryl/α,β-unsaturated/α-hetero) is 1. The number of hydrogen-bond acceptors (Lipinski definition) is 7. The third-order valence-corrected chi connectivity index (χ3v) is 8.09. The summed E-state index contributed by atoms with van der Waals surface area (Å²) in [5.74, 6) is 1.73. The van der Waals surface area contributed by atoms with Crippen LogP contribution in [0.4, 0.5) is 5.69 Å². The first kappa shape index (κ1) is 22.0. The predicted molar refractivity (Wildman–Crippen MR) is 133 cm³/mol. The van der Waals surface area contributed by atoms with Gasteiger partial charge in [-0.3, -0.25) is 14.0 Å². The Morgan fingerprint density at radius 2 is 2.03 bits per heavy atom. The van der Waals surface area contributed by atoms with Gasteiger partial charge in [0.25, 0.3) is 0 Å². The Labute approximate surface area is 200 Å². The van der Waals surface area contributed by atoms with Crippen molar-refractivity contribution >= 4 is 56.3 Å². The van der Waals surface area contributed by atoms with Crippen molar-refractivity contribution in [2.45, 2.75) is 51.6 Å². The van der Waals surface area contributed by atoms with Gasteiger partial charge < -0.3 is 5.32 Å². The summed E-state index contributed by atoms with van der Waals surface area (Å²) in [4.78, 5) is 31.4. The normalized spacial score (nSPS) is 15.7. The van der Waals surface area contributed by atoms with Gasteiger partial charge in [-0.2, -0.15) is 0 Å². The fourth-order valence-corrected chi connectivity index (χ4v) is 6.61. The minimum atomic E-state index is -0.140. The number of aryl methyl sites for hydroxylation is 2. The lowest BCUT2D eigenvalue weighted by molar-refractivity contribution is -0.114. The minimum Gasteiger partial charge on any atom is -0.326 e. The topological polar surface area (TPSA) is 89.2 Å². The van der Waals surface area contributed by atoms with Gasteiger partial charge in [0.2, 0.25) is 5.91 Å². The Morgan fingerprint density at radius 3 is 2.76 bits per heavy atom. The van der Waals surface area contributed by atoms with E-state index in [0.29, 0.717) is 22.3 Å². The molecule has 0 fully saturated rings. The summed E-state index contributed by atoms with van der Waals surface area (Å²) in [6.45, 7) is 5.85. The van der Waals surface area contributed by atoms with Crippen molar-refractivity contribution in [2.75, 3.05) is 11.1 Å². The molecule has 1 unspecified atom stereocenters. The van der Waals surface area contributed by atoms with Crippen LogP contribution in [-0.4, -0.2) is 37.0 Å². The van der Waals surface area contributed by atoms with E-state index >= 15 is 0 Å². The number of fused-ring (bicyclic) bond motifs is 5. The zero-order chi connectivity index (χ0) is 23.1. The van der Waals surface area contributed by atoms with E-state index in [1.165, 1.54) is 35.5 Å². The zero-order valence-electron chi connectivity index (χ0n) is 18.8. The minimum absolute atomic E-state index is 0.000103. The summed E-state index contributed by atoms with van der Waals surface area (Å²) >= 11 is 3.18. The molecule has 1 aliphatic rings. The molecule has 3 aromatic heterocycles. The predicted octanol–water partition coefficient (Wildman–Crippen LogP) is 4.96. The number of carbonyl (C=O) groups is 2. The van der Waals surface area contributed by atoms with Gasteiger partial charge in [0, 0.05) is 29.5 Å². The molecule has 7 nitrogen and oxygen atoms in total. The van der Waals surface area contributed by atoms with Crippen molar-refractivity contribution in [3.63, 3.8) is 0 Å². The van der Waals surface area contributed by atoms with Crippen LogP contribution in [0.2, 0.25) is 0 Å².